The van der Waals surface area contributed by atoms with Gasteiger partial charge in [-0.1, -0.05) is 30.3 Å². The zero-order valence-electron chi connectivity index (χ0n) is 10.1. The Kier molecular flexibility index (Phi) is 6.74. The van der Waals surface area contributed by atoms with Crippen LogP contribution in [0.4, 0.5) is 0 Å². The van der Waals surface area contributed by atoms with E-state index in [0.29, 0.717) is 26.2 Å². The predicted molar refractivity (Wildman–Crippen MR) is 72.4 cm³/mol. The Bertz CT molecular complexity index is 329. The van der Waals surface area contributed by atoms with E-state index in [9.17, 15) is 4.79 Å². The first-order valence-electron chi connectivity index (χ1n) is 5.81. The van der Waals surface area contributed by atoms with E-state index in [2.05, 4.69) is 17.9 Å². The molecule has 0 saturated carbocycles. The van der Waals surface area contributed by atoms with E-state index >= 15 is 0 Å². The highest BCUT2D eigenvalue weighted by Crippen LogP contribution is 2.07. The van der Waals surface area contributed by atoms with Crippen molar-refractivity contribution < 1.29 is 9.53 Å². The van der Waals surface area contributed by atoms with Crippen molar-refractivity contribution in [1.29, 1.82) is 0 Å². The second kappa shape index (κ2) is 8.14. The van der Waals surface area contributed by atoms with Crippen LogP contribution in [0, 0.1) is 0 Å². The summed E-state index contributed by atoms with van der Waals surface area (Å²) in [5.74, 6) is -0.0445. The monoisotopic (exact) mass is 253 g/mol. The fourth-order valence-corrected chi connectivity index (χ4v) is 1.74. The van der Waals surface area contributed by atoms with E-state index in [0.717, 1.165) is 5.56 Å². The Morgan fingerprint density at radius 2 is 2.12 bits per heavy atom. The predicted octanol–water partition coefficient (Wildman–Crippen LogP) is 1.68. The van der Waals surface area contributed by atoms with Crippen molar-refractivity contribution in [2.24, 2.45) is 0 Å². The number of nitrogens with one attached hydrogen (secondary N) is 1. The number of hydrogen-bond donors (Lipinski definition) is 2. The molecule has 94 valence electrons. The second-order valence-corrected chi connectivity index (χ2v) is 4.32. The number of rotatable bonds is 7. The largest absolute Gasteiger partial charge is 0.380 e. The van der Waals surface area contributed by atoms with E-state index < -0.39 is 0 Å². The lowest BCUT2D eigenvalue weighted by atomic mass is 10.1. The summed E-state index contributed by atoms with van der Waals surface area (Å²) in [6.45, 7) is 3.69. The van der Waals surface area contributed by atoms with Crippen molar-refractivity contribution in [1.82, 2.24) is 5.32 Å². The van der Waals surface area contributed by atoms with Crippen LogP contribution in [0.2, 0.25) is 0 Å². The molecule has 0 saturated heterocycles. The number of amides is 1. The molecule has 0 fully saturated rings. The van der Waals surface area contributed by atoms with Gasteiger partial charge in [-0.25, -0.2) is 0 Å². The van der Waals surface area contributed by atoms with Crippen LogP contribution in [0.1, 0.15) is 12.5 Å². The minimum Gasteiger partial charge on any atom is -0.380 e. The fraction of sp³-hybridized carbons (Fsp3) is 0.462. The summed E-state index contributed by atoms with van der Waals surface area (Å²) in [4.78, 5) is 11.7. The number of ether oxygens (including phenoxy) is 1. The number of carbonyl (C=O) groups is 1. The van der Waals surface area contributed by atoms with E-state index in [4.69, 9.17) is 4.74 Å². The Labute approximate surface area is 108 Å². The fourth-order valence-electron chi connectivity index (χ4n) is 1.44. The maximum atomic E-state index is 11.7. The third-order valence-electron chi connectivity index (χ3n) is 2.32. The molecule has 4 heteroatoms. The van der Waals surface area contributed by atoms with E-state index in [-0.39, 0.29) is 11.2 Å². The van der Waals surface area contributed by atoms with Gasteiger partial charge in [-0.05, 0) is 18.9 Å². The summed E-state index contributed by atoms with van der Waals surface area (Å²) in [6.07, 6.45) is 0.643. The summed E-state index contributed by atoms with van der Waals surface area (Å²) in [5, 5.41) is 2.49. The molecule has 1 atom stereocenters. The summed E-state index contributed by atoms with van der Waals surface area (Å²) in [7, 11) is 0. The van der Waals surface area contributed by atoms with Gasteiger partial charge < -0.3 is 10.1 Å². The molecule has 0 aromatic heterocycles. The number of benzene rings is 1. The number of carbonyl (C=O) groups excluding carboxylic acids is 1. The molecule has 3 nitrogen and oxygen atoms in total. The van der Waals surface area contributed by atoms with E-state index in [1.807, 2.05) is 37.3 Å². The van der Waals surface area contributed by atoms with Crippen LogP contribution in [-0.4, -0.2) is 30.9 Å². The van der Waals surface area contributed by atoms with Gasteiger partial charge in [0.1, 0.15) is 0 Å². The first kappa shape index (κ1) is 14.1. The topological polar surface area (TPSA) is 38.3 Å². The molecule has 1 N–H and O–H groups in total. The van der Waals surface area contributed by atoms with Crippen LogP contribution < -0.4 is 5.32 Å². The summed E-state index contributed by atoms with van der Waals surface area (Å²) in [5.41, 5.74) is 1.12. The van der Waals surface area contributed by atoms with Gasteiger partial charge in [-0.2, -0.15) is 12.6 Å². The first-order chi connectivity index (χ1) is 8.24. The SMILES string of the molecule is CCOCCNC(=O)C(S)Cc1ccccc1. The molecule has 0 spiro atoms. The van der Waals surface area contributed by atoms with Gasteiger partial charge in [-0.15, -0.1) is 0 Å². The molecule has 1 aromatic carbocycles. The van der Waals surface area contributed by atoms with Crippen molar-refractivity contribution in [2.45, 2.75) is 18.6 Å². The molecule has 0 bridgehead atoms. The van der Waals surface area contributed by atoms with Gasteiger partial charge in [0.2, 0.25) is 5.91 Å². The van der Waals surface area contributed by atoms with Gasteiger partial charge in [-0.3, -0.25) is 4.79 Å². The highest BCUT2D eigenvalue weighted by Gasteiger charge is 2.13. The smallest absolute Gasteiger partial charge is 0.233 e. The van der Waals surface area contributed by atoms with Crippen molar-refractivity contribution in [3.05, 3.63) is 35.9 Å². The van der Waals surface area contributed by atoms with Crippen LogP contribution in [0.15, 0.2) is 30.3 Å². The summed E-state index contributed by atoms with van der Waals surface area (Å²) in [6, 6.07) is 9.87. The highest BCUT2D eigenvalue weighted by molar-refractivity contribution is 7.81. The molecule has 0 heterocycles. The maximum Gasteiger partial charge on any atom is 0.233 e. The zero-order valence-corrected chi connectivity index (χ0v) is 11.0. The van der Waals surface area contributed by atoms with E-state index in [1.54, 1.807) is 0 Å². The van der Waals surface area contributed by atoms with Crippen LogP contribution in [-0.2, 0) is 16.0 Å². The number of hydrogen-bond acceptors (Lipinski definition) is 3. The Morgan fingerprint density at radius 3 is 2.76 bits per heavy atom. The lowest BCUT2D eigenvalue weighted by molar-refractivity contribution is -0.120. The molecule has 1 aromatic rings. The number of thiol groups is 1. The van der Waals surface area contributed by atoms with Gasteiger partial charge >= 0.3 is 0 Å². The summed E-state index contributed by atoms with van der Waals surface area (Å²) < 4.78 is 5.14. The Balaban J connectivity index is 2.27. The van der Waals surface area contributed by atoms with Crippen LogP contribution >= 0.6 is 12.6 Å². The van der Waals surface area contributed by atoms with Crippen molar-refractivity contribution in [2.75, 3.05) is 19.8 Å². The molecule has 0 aliphatic rings. The lowest BCUT2D eigenvalue weighted by Gasteiger charge is -2.11. The third-order valence-corrected chi connectivity index (χ3v) is 2.74. The van der Waals surface area contributed by atoms with Crippen LogP contribution in [0.25, 0.3) is 0 Å². The zero-order chi connectivity index (χ0) is 12.5. The highest BCUT2D eigenvalue weighted by atomic mass is 32.1. The molecular formula is C13H19NO2S. The Hall–Kier alpha value is -1.00. The van der Waals surface area contributed by atoms with Crippen LogP contribution in [0.5, 0.6) is 0 Å². The molecular weight excluding hydrogens is 234 g/mol. The van der Waals surface area contributed by atoms with E-state index in [1.165, 1.54) is 0 Å². The molecule has 17 heavy (non-hydrogen) atoms. The maximum absolute atomic E-state index is 11.7. The van der Waals surface area contributed by atoms with Gasteiger partial charge in [0.15, 0.2) is 0 Å². The van der Waals surface area contributed by atoms with Gasteiger partial charge in [0, 0.05) is 13.2 Å². The average molecular weight is 253 g/mol. The van der Waals surface area contributed by atoms with Crippen LogP contribution in [0.3, 0.4) is 0 Å². The molecule has 0 aliphatic carbocycles. The normalized spacial score (nSPS) is 12.1. The third kappa shape index (κ3) is 5.75. The molecule has 1 unspecified atom stereocenters. The molecule has 1 amide bonds. The summed E-state index contributed by atoms with van der Waals surface area (Å²) >= 11 is 4.31. The minimum absolute atomic E-state index is 0.0445. The van der Waals surface area contributed by atoms with Crippen molar-refractivity contribution in [3.63, 3.8) is 0 Å². The Morgan fingerprint density at radius 1 is 1.41 bits per heavy atom. The lowest BCUT2D eigenvalue weighted by Crippen LogP contribution is -2.34. The first-order valence-corrected chi connectivity index (χ1v) is 6.33. The molecule has 1 rings (SSSR count). The van der Waals surface area contributed by atoms with Gasteiger partial charge in [0.05, 0.1) is 11.9 Å². The molecule has 0 radical (unpaired) electrons. The van der Waals surface area contributed by atoms with Gasteiger partial charge in [0.25, 0.3) is 0 Å². The quantitative estimate of drug-likeness (QED) is 0.573. The average Bonchev–Trinajstić information content (AvgIpc) is 2.35. The van der Waals surface area contributed by atoms with Crippen molar-refractivity contribution in [3.8, 4) is 0 Å². The molecule has 0 aliphatic heterocycles. The minimum atomic E-state index is -0.306. The standard InChI is InChI=1S/C13H19NO2S/c1-2-16-9-8-14-13(15)12(17)10-11-6-4-3-5-7-11/h3-7,12,17H,2,8-10H2,1H3,(H,14,15). The van der Waals surface area contributed by atoms with Crippen molar-refractivity contribution >= 4 is 18.5 Å². The second-order valence-electron chi connectivity index (χ2n) is 3.69.